The van der Waals surface area contributed by atoms with Gasteiger partial charge in [0.05, 0.1) is 17.3 Å². The van der Waals surface area contributed by atoms with E-state index in [2.05, 4.69) is 0 Å². The summed E-state index contributed by atoms with van der Waals surface area (Å²) in [5.41, 5.74) is -0.662. The van der Waals surface area contributed by atoms with Crippen LogP contribution in [0.2, 0.25) is 0 Å². The average molecular weight is 300 g/mol. The first-order chi connectivity index (χ1) is 9.33. The first-order valence-corrected chi connectivity index (χ1v) is 8.27. The highest BCUT2D eigenvalue weighted by Gasteiger charge is 2.42. The molecule has 1 rings (SSSR count). The lowest BCUT2D eigenvalue weighted by molar-refractivity contribution is -0.150. The number of benzene rings is 1. The van der Waals surface area contributed by atoms with E-state index in [9.17, 15) is 19.1 Å². The molecule has 112 valence electrons. The quantitative estimate of drug-likeness (QED) is 0.621. The molecule has 0 aliphatic heterocycles. The van der Waals surface area contributed by atoms with Gasteiger partial charge < -0.3 is 14.5 Å². The van der Waals surface area contributed by atoms with Gasteiger partial charge in [-0.2, -0.15) is 0 Å². The van der Waals surface area contributed by atoms with E-state index in [0.29, 0.717) is 18.4 Å². The number of carbonyl (C=O) groups excluding carboxylic acids is 1. The minimum absolute atomic E-state index is 0.100. The largest absolute Gasteiger partial charge is 0.465 e. The third kappa shape index (κ3) is 3.11. The first kappa shape index (κ1) is 16.9. The van der Waals surface area contributed by atoms with Gasteiger partial charge in [0.2, 0.25) is 0 Å². The third-order valence-corrected chi connectivity index (χ3v) is 4.62. The van der Waals surface area contributed by atoms with Crippen LogP contribution < -0.4 is 5.30 Å². The molecule has 0 radical (unpaired) electrons. The third-order valence-electron chi connectivity index (χ3n) is 3.61. The molecule has 0 aliphatic carbocycles. The predicted molar refractivity (Wildman–Crippen MR) is 77.0 cm³/mol. The maximum atomic E-state index is 12.3. The highest BCUT2D eigenvalue weighted by molar-refractivity contribution is 7.60. The van der Waals surface area contributed by atoms with Crippen molar-refractivity contribution >= 4 is 18.9 Å². The van der Waals surface area contributed by atoms with Crippen molar-refractivity contribution in [1.29, 1.82) is 0 Å². The average Bonchev–Trinajstić information content (AvgIpc) is 2.40. The zero-order valence-electron chi connectivity index (χ0n) is 12.0. The van der Waals surface area contributed by atoms with Gasteiger partial charge in [-0.05, 0) is 31.4 Å². The van der Waals surface area contributed by atoms with E-state index in [0.717, 1.165) is 0 Å². The summed E-state index contributed by atoms with van der Waals surface area (Å²) in [7, 11) is -4.44. The Morgan fingerprint density at radius 3 is 2.20 bits per heavy atom. The number of rotatable bonds is 6. The topological polar surface area (TPSA) is 83.8 Å². The summed E-state index contributed by atoms with van der Waals surface area (Å²) in [4.78, 5) is 31.3. The zero-order valence-corrected chi connectivity index (χ0v) is 12.9. The van der Waals surface area contributed by atoms with E-state index in [1.165, 1.54) is 6.07 Å². The van der Waals surface area contributed by atoms with Crippen molar-refractivity contribution in [2.75, 3.05) is 6.61 Å². The molecule has 0 atom stereocenters. The summed E-state index contributed by atoms with van der Waals surface area (Å²) in [6, 6.07) is 6.20. The molecule has 5 nitrogen and oxygen atoms in total. The van der Waals surface area contributed by atoms with Gasteiger partial charge in [0, 0.05) is 0 Å². The Balaban J connectivity index is 3.51. The Labute approximate surface area is 119 Å². The van der Waals surface area contributed by atoms with Crippen LogP contribution in [0.3, 0.4) is 0 Å². The first-order valence-electron chi connectivity index (χ1n) is 6.66. The molecule has 0 bridgehead atoms. The second kappa shape index (κ2) is 6.53. The molecule has 0 saturated heterocycles. The van der Waals surface area contributed by atoms with Crippen LogP contribution in [0.4, 0.5) is 0 Å². The molecule has 1 aromatic rings. The van der Waals surface area contributed by atoms with Crippen LogP contribution in [-0.2, 0) is 19.5 Å². The van der Waals surface area contributed by atoms with Gasteiger partial charge in [-0.15, -0.1) is 0 Å². The highest BCUT2D eigenvalue weighted by Crippen LogP contribution is 2.41. The Morgan fingerprint density at radius 2 is 1.75 bits per heavy atom. The molecule has 0 unspecified atom stereocenters. The Bertz CT molecular complexity index is 516. The van der Waals surface area contributed by atoms with Crippen molar-refractivity contribution in [3.05, 3.63) is 29.8 Å². The van der Waals surface area contributed by atoms with E-state index in [-0.39, 0.29) is 11.9 Å². The lowest BCUT2D eigenvalue weighted by Gasteiger charge is -2.31. The second-order valence-corrected chi connectivity index (χ2v) is 6.14. The van der Waals surface area contributed by atoms with Crippen molar-refractivity contribution in [3.8, 4) is 0 Å². The van der Waals surface area contributed by atoms with Crippen molar-refractivity contribution < 1.29 is 23.9 Å². The lowest BCUT2D eigenvalue weighted by atomic mass is 9.76. The number of carbonyl (C=O) groups is 1. The summed E-state index contributed by atoms with van der Waals surface area (Å²) in [6.45, 7) is 5.58. The Hall–Kier alpha value is -1.16. The van der Waals surface area contributed by atoms with Crippen LogP contribution in [-0.4, -0.2) is 22.4 Å². The fourth-order valence-corrected chi connectivity index (χ4v) is 3.31. The molecule has 2 N–H and O–H groups in total. The van der Waals surface area contributed by atoms with Crippen LogP contribution >= 0.6 is 7.60 Å². The van der Waals surface area contributed by atoms with Crippen LogP contribution in [0.25, 0.3) is 0 Å². The smallest absolute Gasteiger partial charge is 0.356 e. The molecule has 0 saturated carbocycles. The van der Waals surface area contributed by atoms with Crippen molar-refractivity contribution in [2.24, 2.45) is 0 Å². The van der Waals surface area contributed by atoms with Crippen LogP contribution in [0, 0.1) is 0 Å². The Morgan fingerprint density at radius 1 is 1.20 bits per heavy atom. The van der Waals surface area contributed by atoms with Crippen LogP contribution in [0.15, 0.2) is 24.3 Å². The summed E-state index contributed by atoms with van der Waals surface area (Å²) in [5.74, 6) is -0.439. The molecule has 0 fully saturated rings. The molecule has 20 heavy (non-hydrogen) atoms. The fourth-order valence-electron chi connectivity index (χ4n) is 2.43. The molecular weight excluding hydrogens is 279 g/mol. The minimum atomic E-state index is -4.44. The van der Waals surface area contributed by atoms with Crippen LogP contribution in [0.1, 0.15) is 39.2 Å². The molecule has 0 spiro atoms. The molecule has 0 aromatic heterocycles. The second-order valence-electron chi connectivity index (χ2n) is 4.57. The molecule has 0 aliphatic rings. The molecule has 6 heteroatoms. The van der Waals surface area contributed by atoms with Crippen molar-refractivity contribution in [1.82, 2.24) is 0 Å². The van der Waals surface area contributed by atoms with Gasteiger partial charge in [0.1, 0.15) is 0 Å². The van der Waals surface area contributed by atoms with Crippen LogP contribution in [0.5, 0.6) is 0 Å². The monoisotopic (exact) mass is 300 g/mol. The lowest BCUT2D eigenvalue weighted by Crippen LogP contribution is -2.40. The van der Waals surface area contributed by atoms with Gasteiger partial charge in [0.15, 0.2) is 0 Å². The molecular formula is C14H21O5P. The minimum Gasteiger partial charge on any atom is -0.465 e. The SMILES string of the molecule is CCOC(=O)C(CC)(CC)c1ccccc1P(=O)(O)O. The number of esters is 1. The molecule has 0 amide bonds. The van der Waals surface area contributed by atoms with Crippen molar-refractivity contribution in [3.63, 3.8) is 0 Å². The number of hydrogen-bond acceptors (Lipinski definition) is 3. The fraction of sp³-hybridized carbons (Fsp3) is 0.500. The predicted octanol–water partition coefficient (Wildman–Crippen LogP) is 2.11. The maximum absolute atomic E-state index is 12.3. The van der Waals surface area contributed by atoms with Gasteiger partial charge in [-0.25, -0.2) is 0 Å². The van der Waals surface area contributed by atoms with E-state index in [1.807, 2.05) is 13.8 Å². The van der Waals surface area contributed by atoms with E-state index < -0.39 is 19.0 Å². The zero-order chi connectivity index (χ0) is 15.4. The van der Waals surface area contributed by atoms with Crippen molar-refractivity contribution in [2.45, 2.75) is 39.0 Å². The van der Waals surface area contributed by atoms with E-state index in [4.69, 9.17) is 4.74 Å². The summed E-state index contributed by atoms with van der Waals surface area (Å²) < 4.78 is 16.8. The van der Waals surface area contributed by atoms with Gasteiger partial charge in [-0.1, -0.05) is 32.0 Å². The Kier molecular flexibility index (Phi) is 5.51. The van der Waals surface area contributed by atoms with Gasteiger partial charge >= 0.3 is 13.6 Å². The van der Waals surface area contributed by atoms with Gasteiger partial charge in [-0.3, -0.25) is 9.36 Å². The van der Waals surface area contributed by atoms with E-state index >= 15 is 0 Å². The summed E-state index contributed by atoms with van der Waals surface area (Å²) in [6.07, 6.45) is 0.832. The van der Waals surface area contributed by atoms with E-state index in [1.54, 1.807) is 25.1 Å². The number of hydrogen-bond donors (Lipinski definition) is 2. The number of ether oxygens (including phenoxy) is 1. The molecule has 1 aromatic carbocycles. The highest BCUT2D eigenvalue weighted by atomic mass is 31.2. The molecule has 0 heterocycles. The normalized spacial score (nSPS) is 12.2. The maximum Gasteiger partial charge on any atom is 0.356 e. The van der Waals surface area contributed by atoms with Gasteiger partial charge in [0.25, 0.3) is 0 Å². The summed E-state index contributed by atoms with van der Waals surface area (Å²) >= 11 is 0. The standard InChI is InChI=1S/C14H21O5P/c1-4-14(5-2,13(15)19-6-3)11-9-7-8-10-12(11)20(16,17)18/h7-10H,4-6H2,1-3H3,(H2,16,17,18). The summed E-state index contributed by atoms with van der Waals surface area (Å²) in [5, 5.41) is -0.100.